The van der Waals surface area contributed by atoms with Crippen LogP contribution < -0.4 is 5.73 Å². The Morgan fingerprint density at radius 1 is 1.26 bits per heavy atom. The van der Waals surface area contributed by atoms with Crippen LogP contribution >= 0.6 is 0 Å². The highest BCUT2D eigenvalue weighted by atomic mass is 16.2. The van der Waals surface area contributed by atoms with Crippen molar-refractivity contribution in [2.45, 2.75) is 26.4 Å². The van der Waals surface area contributed by atoms with E-state index in [1.54, 1.807) is 10.7 Å². The molecule has 4 rings (SSSR count). The second kappa shape index (κ2) is 4.77. The Bertz CT molecular complexity index is 929. The maximum atomic E-state index is 12.4. The molecule has 1 aliphatic rings. The number of fused-ring (bicyclic) bond motifs is 2. The molecule has 1 aliphatic heterocycles. The normalized spacial score (nSPS) is 14.0. The van der Waals surface area contributed by atoms with Crippen molar-refractivity contribution in [1.29, 1.82) is 0 Å². The van der Waals surface area contributed by atoms with Crippen molar-refractivity contribution in [2.75, 3.05) is 5.73 Å². The van der Waals surface area contributed by atoms with Crippen molar-refractivity contribution in [3.05, 3.63) is 41.9 Å². The molecular weight excluding hydrogens is 292 g/mol. The lowest BCUT2D eigenvalue weighted by molar-refractivity contribution is 0.0730. The Balaban J connectivity index is 1.82. The third-order valence-electron chi connectivity index (χ3n) is 4.19. The molecule has 0 fully saturated rings. The van der Waals surface area contributed by atoms with E-state index in [2.05, 4.69) is 15.1 Å². The summed E-state index contributed by atoms with van der Waals surface area (Å²) in [5.74, 6) is 0.430. The van der Waals surface area contributed by atoms with Gasteiger partial charge >= 0.3 is 0 Å². The molecule has 1 aromatic carbocycles. The average Bonchev–Trinajstić information content (AvgIpc) is 3.10. The number of imidazole rings is 1. The average molecular weight is 308 g/mol. The fourth-order valence-corrected chi connectivity index (χ4v) is 2.95. The lowest BCUT2D eigenvalue weighted by atomic mass is 10.0. The third-order valence-corrected chi connectivity index (χ3v) is 4.19. The van der Waals surface area contributed by atoms with Crippen molar-refractivity contribution >= 4 is 17.4 Å². The van der Waals surface area contributed by atoms with Gasteiger partial charge in [-0.3, -0.25) is 4.79 Å². The van der Waals surface area contributed by atoms with Gasteiger partial charge in [0.15, 0.2) is 11.5 Å². The molecule has 0 bridgehead atoms. The quantitative estimate of drug-likeness (QED) is 0.779. The molecule has 0 saturated heterocycles. The smallest absolute Gasteiger partial charge is 0.254 e. The number of nitrogens with zero attached hydrogens (tertiary/aromatic N) is 5. The molecule has 0 saturated carbocycles. The molecular formula is C16H16N6O. The van der Waals surface area contributed by atoms with Gasteiger partial charge < -0.3 is 10.6 Å². The van der Waals surface area contributed by atoms with Gasteiger partial charge in [-0.15, -0.1) is 0 Å². The van der Waals surface area contributed by atoms with Crippen LogP contribution in [0.1, 0.15) is 29.8 Å². The van der Waals surface area contributed by atoms with Gasteiger partial charge in [-0.05, 0) is 31.5 Å². The van der Waals surface area contributed by atoms with E-state index in [1.165, 1.54) is 6.33 Å². The van der Waals surface area contributed by atoms with Crippen LogP contribution in [0, 0.1) is 0 Å². The molecule has 3 aromatic rings. The third kappa shape index (κ3) is 1.97. The van der Waals surface area contributed by atoms with Crippen LogP contribution in [0.25, 0.3) is 16.9 Å². The summed E-state index contributed by atoms with van der Waals surface area (Å²) >= 11 is 0. The van der Waals surface area contributed by atoms with E-state index in [-0.39, 0.29) is 11.9 Å². The number of anilines is 1. The Labute approximate surface area is 132 Å². The standard InChI is InChI=1S/C16H16N6O/c1-9(2)21-7-11-5-10(3-4-12(11)16(21)23)13-6-18-15-14(17)19-8-20-22(13)15/h3-6,8-9H,7H2,1-2H3,(H2,17,19,20). The minimum absolute atomic E-state index is 0.0891. The summed E-state index contributed by atoms with van der Waals surface area (Å²) in [7, 11) is 0. The summed E-state index contributed by atoms with van der Waals surface area (Å²) in [6.45, 7) is 4.68. The minimum Gasteiger partial charge on any atom is -0.381 e. The Hall–Kier alpha value is -2.96. The van der Waals surface area contributed by atoms with Gasteiger partial charge in [0.25, 0.3) is 5.91 Å². The zero-order valence-corrected chi connectivity index (χ0v) is 12.9. The van der Waals surface area contributed by atoms with Crippen molar-refractivity contribution in [2.24, 2.45) is 0 Å². The summed E-state index contributed by atoms with van der Waals surface area (Å²) in [5, 5.41) is 4.22. The first kappa shape index (κ1) is 13.7. The fourth-order valence-electron chi connectivity index (χ4n) is 2.95. The summed E-state index contributed by atoms with van der Waals surface area (Å²) in [6, 6.07) is 6.00. The molecule has 0 spiro atoms. The van der Waals surface area contributed by atoms with E-state index in [0.29, 0.717) is 18.0 Å². The van der Waals surface area contributed by atoms with Gasteiger partial charge in [0.2, 0.25) is 0 Å². The summed E-state index contributed by atoms with van der Waals surface area (Å²) in [5.41, 5.74) is 9.93. The second-order valence-corrected chi connectivity index (χ2v) is 5.92. The van der Waals surface area contributed by atoms with Gasteiger partial charge in [0, 0.05) is 23.7 Å². The second-order valence-electron chi connectivity index (χ2n) is 5.92. The number of amides is 1. The number of hydrogen-bond acceptors (Lipinski definition) is 5. The van der Waals surface area contributed by atoms with Crippen molar-refractivity contribution in [1.82, 2.24) is 24.5 Å². The number of nitrogens with two attached hydrogens (primary N) is 1. The zero-order chi connectivity index (χ0) is 16.1. The van der Waals surface area contributed by atoms with Gasteiger partial charge in [-0.25, -0.2) is 14.5 Å². The number of benzene rings is 1. The molecule has 0 atom stereocenters. The molecule has 23 heavy (non-hydrogen) atoms. The number of hydrogen-bond donors (Lipinski definition) is 1. The predicted octanol–water partition coefficient (Wildman–Crippen LogP) is 1.74. The summed E-state index contributed by atoms with van der Waals surface area (Å²) < 4.78 is 1.67. The van der Waals surface area contributed by atoms with Crippen LogP contribution in [0.3, 0.4) is 0 Å². The summed E-state index contributed by atoms with van der Waals surface area (Å²) in [4.78, 5) is 22.5. The lowest BCUT2D eigenvalue weighted by Gasteiger charge is -2.19. The van der Waals surface area contributed by atoms with Gasteiger partial charge in [0.05, 0.1) is 11.9 Å². The van der Waals surface area contributed by atoms with Gasteiger partial charge in [-0.2, -0.15) is 5.10 Å². The van der Waals surface area contributed by atoms with Crippen LogP contribution in [0.15, 0.2) is 30.7 Å². The molecule has 0 radical (unpaired) electrons. The fraction of sp³-hybridized carbons (Fsp3) is 0.250. The maximum Gasteiger partial charge on any atom is 0.254 e. The number of aromatic nitrogens is 4. The number of rotatable bonds is 2. The highest BCUT2D eigenvalue weighted by molar-refractivity contribution is 5.99. The molecule has 0 aliphatic carbocycles. The molecule has 1 amide bonds. The topological polar surface area (TPSA) is 89.4 Å². The number of nitrogen functional groups attached to an aromatic ring is 1. The van der Waals surface area contributed by atoms with E-state index < -0.39 is 0 Å². The molecule has 116 valence electrons. The highest BCUT2D eigenvalue weighted by Crippen LogP contribution is 2.30. The molecule has 2 aromatic heterocycles. The van der Waals surface area contributed by atoms with Crippen LogP contribution in [0.2, 0.25) is 0 Å². The SMILES string of the molecule is CC(C)N1Cc2cc(-c3cnc4c(N)ncnn34)ccc2C1=O. The van der Waals surface area contributed by atoms with Crippen molar-refractivity contribution < 1.29 is 4.79 Å². The number of carbonyl (C=O) groups excluding carboxylic acids is 1. The van der Waals surface area contributed by atoms with Crippen molar-refractivity contribution in [3.63, 3.8) is 0 Å². The van der Waals surface area contributed by atoms with Crippen LogP contribution in [-0.2, 0) is 6.54 Å². The summed E-state index contributed by atoms with van der Waals surface area (Å²) in [6.07, 6.45) is 3.13. The zero-order valence-electron chi connectivity index (χ0n) is 12.9. The van der Waals surface area contributed by atoms with Gasteiger partial charge in [-0.1, -0.05) is 6.07 Å². The predicted molar refractivity (Wildman–Crippen MR) is 85.6 cm³/mol. The lowest BCUT2D eigenvalue weighted by Crippen LogP contribution is -2.30. The highest BCUT2D eigenvalue weighted by Gasteiger charge is 2.29. The van der Waals surface area contributed by atoms with Crippen LogP contribution in [-0.4, -0.2) is 36.4 Å². The number of carbonyl (C=O) groups is 1. The first-order valence-corrected chi connectivity index (χ1v) is 7.44. The van der Waals surface area contributed by atoms with E-state index in [4.69, 9.17) is 5.73 Å². The molecule has 7 nitrogen and oxygen atoms in total. The van der Waals surface area contributed by atoms with Gasteiger partial charge in [0.1, 0.15) is 6.33 Å². The van der Waals surface area contributed by atoms with E-state index in [1.807, 2.05) is 36.9 Å². The van der Waals surface area contributed by atoms with E-state index in [0.717, 1.165) is 22.4 Å². The van der Waals surface area contributed by atoms with Crippen LogP contribution in [0.5, 0.6) is 0 Å². The first-order valence-electron chi connectivity index (χ1n) is 7.44. The van der Waals surface area contributed by atoms with Crippen molar-refractivity contribution in [3.8, 4) is 11.3 Å². The van der Waals surface area contributed by atoms with E-state index >= 15 is 0 Å². The maximum absolute atomic E-state index is 12.4. The monoisotopic (exact) mass is 308 g/mol. The Kier molecular flexibility index (Phi) is 2.84. The molecule has 7 heteroatoms. The minimum atomic E-state index is 0.0891. The van der Waals surface area contributed by atoms with Crippen LogP contribution in [0.4, 0.5) is 5.82 Å². The largest absolute Gasteiger partial charge is 0.381 e. The molecule has 0 unspecified atom stereocenters. The Morgan fingerprint density at radius 2 is 2.09 bits per heavy atom. The first-order chi connectivity index (χ1) is 11.1. The molecule has 2 N–H and O–H groups in total. The Morgan fingerprint density at radius 3 is 2.87 bits per heavy atom. The van der Waals surface area contributed by atoms with E-state index in [9.17, 15) is 4.79 Å². The molecule has 3 heterocycles.